The molecule has 2 N–H and O–H groups in total. The van der Waals surface area contributed by atoms with Crippen LogP contribution >= 0.6 is 0 Å². The van der Waals surface area contributed by atoms with E-state index in [1.165, 1.54) is 178 Å². The quantitative estimate of drug-likeness (QED) is 0.0409. The second kappa shape index (κ2) is 32.6. The third-order valence-corrected chi connectivity index (χ3v) is 10.3. The summed E-state index contributed by atoms with van der Waals surface area (Å²) in [4.78, 5) is 35.9. The Morgan fingerprint density at radius 3 is 1.18 bits per heavy atom. The van der Waals surface area contributed by atoms with Gasteiger partial charge in [0.25, 0.3) is 17.5 Å². The van der Waals surface area contributed by atoms with Crippen molar-refractivity contribution < 1.29 is 24.0 Å². The average Bonchev–Trinajstić information content (AvgIpc) is 3.20. The number of amides is 2. The molecule has 0 fully saturated rings. The molecule has 0 atom stereocenters. The summed E-state index contributed by atoms with van der Waals surface area (Å²) < 4.78 is 12.3. The minimum Gasteiger partial charge on any atom is -0.490 e. The van der Waals surface area contributed by atoms with Crippen molar-refractivity contribution in [3.05, 3.63) is 63.7 Å². The van der Waals surface area contributed by atoms with Gasteiger partial charge in [-0.05, 0) is 43.2 Å². The molecule has 0 aliphatic rings. The van der Waals surface area contributed by atoms with Gasteiger partial charge in [0.2, 0.25) is 0 Å². The lowest BCUT2D eigenvalue weighted by atomic mass is 10.0. The highest BCUT2D eigenvalue weighted by molar-refractivity contribution is 5.99. The zero-order valence-corrected chi connectivity index (χ0v) is 34.7. The van der Waals surface area contributed by atoms with Crippen LogP contribution in [0.25, 0.3) is 0 Å². The molecule has 2 rings (SSSR count). The lowest BCUT2D eigenvalue weighted by Crippen LogP contribution is -2.41. The fraction of sp³-hybridized carbons (Fsp3) is 0.696. The van der Waals surface area contributed by atoms with Gasteiger partial charge in [0.15, 0.2) is 11.5 Å². The number of hydrogen-bond donors (Lipinski definition) is 2. The van der Waals surface area contributed by atoms with Crippen molar-refractivity contribution in [1.82, 2.24) is 10.9 Å². The van der Waals surface area contributed by atoms with E-state index < -0.39 is 16.7 Å². The Kier molecular flexibility index (Phi) is 28.2. The average molecular weight is 766 g/mol. The second-order valence-corrected chi connectivity index (χ2v) is 15.3. The Balaban J connectivity index is 1.74. The van der Waals surface area contributed by atoms with Crippen LogP contribution < -0.4 is 20.3 Å². The maximum atomic E-state index is 13.0. The van der Waals surface area contributed by atoms with E-state index in [4.69, 9.17) is 9.47 Å². The van der Waals surface area contributed by atoms with Crippen LogP contribution in [0.4, 0.5) is 5.69 Å². The molecule has 0 unspecified atom stereocenters. The summed E-state index contributed by atoms with van der Waals surface area (Å²) in [5.74, 6) is 0.0571. The normalized spacial score (nSPS) is 11.0. The molecule has 0 aromatic heterocycles. The fourth-order valence-corrected chi connectivity index (χ4v) is 6.83. The van der Waals surface area contributed by atoms with E-state index >= 15 is 0 Å². The lowest BCUT2D eigenvalue weighted by molar-refractivity contribution is -0.384. The third kappa shape index (κ3) is 23.8. The van der Waals surface area contributed by atoms with Gasteiger partial charge >= 0.3 is 0 Å². The summed E-state index contributed by atoms with van der Waals surface area (Å²) in [5.41, 5.74) is 5.21. The first-order chi connectivity index (χ1) is 27.0. The molecule has 0 aliphatic carbocycles. The van der Waals surface area contributed by atoms with E-state index in [0.717, 1.165) is 25.7 Å². The summed E-state index contributed by atoms with van der Waals surface area (Å²) in [6, 6.07) is 10.3. The highest BCUT2D eigenvalue weighted by Gasteiger charge is 2.15. The van der Waals surface area contributed by atoms with Crippen LogP contribution in [0.2, 0.25) is 0 Å². The maximum absolute atomic E-state index is 13.0. The van der Waals surface area contributed by atoms with Crippen molar-refractivity contribution in [2.75, 3.05) is 13.2 Å². The minimum atomic E-state index is -0.578. The number of hydrogen-bond acceptors (Lipinski definition) is 6. The first-order valence-electron chi connectivity index (χ1n) is 22.2. The number of carbonyl (C=O) groups is 2. The number of hydrazine groups is 1. The van der Waals surface area contributed by atoms with Crippen molar-refractivity contribution in [3.63, 3.8) is 0 Å². The third-order valence-electron chi connectivity index (χ3n) is 10.3. The second-order valence-electron chi connectivity index (χ2n) is 15.3. The molecule has 0 saturated carbocycles. The Bertz CT molecular complexity index is 1280. The zero-order valence-electron chi connectivity index (χ0n) is 34.7. The molecule has 0 aliphatic heterocycles. The van der Waals surface area contributed by atoms with Crippen molar-refractivity contribution in [2.45, 2.75) is 194 Å². The van der Waals surface area contributed by atoms with Crippen molar-refractivity contribution in [1.29, 1.82) is 0 Å². The highest BCUT2D eigenvalue weighted by atomic mass is 16.6. The Labute approximate surface area is 333 Å². The van der Waals surface area contributed by atoms with Gasteiger partial charge < -0.3 is 9.47 Å². The Morgan fingerprint density at radius 2 is 0.800 bits per heavy atom. The first-order valence-corrected chi connectivity index (χ1v) is 22.2. The SMILES string of the molecule is CCCCCCCCCCCCCCCCOc1ccc(C(=O)NNC(=O)c2ccc([N+](=O)[O-])cc2)cc1OCCCCCCCCCCCCCCCC. The predicted molar refractivity (Wildman–Crippen MR) is 226 cm³/mol. The molecule has 9 nitrogen and oxygen atoms in total. The molecule has 0 saturated heterocycles. The summed E-state index contributed by atoms with van der Waals surface area (Å²) in [6.45, 7) is 5.66. The van der Waals surface area contributed by atoms with Crippen LogP contribution in [0.5, 0.6) is 11.5 Å². The van der Waals surface area contributed by atoms with Gasteiger partial charge in [-0.3, -0.25) is 30.6 Å². The topological polar surface area (TPSA) is 120 Å². The standard InChI is InChI=1S/C46H75N3O6/c1-3-5-7-9-11-13-15-17-19-21-23-25-27-29-37-54-43-36-33-41(46(51)48-47-45(50)40-31-34-42(35-32-40)49(52)53)39-44(43)55-38-30-28-26-24-22-20-18-16-14-12-10-8-6-4-2/h31-36,39H,3-30,37-38H2,1-2H3,(H,47,50)(H,48,51). The number of benzene rings is 2. The van der Waals surface area contributed by atoms with Gasteiger partial charge in [-0.2, -0.15) is 0 Å². The van der Waals surface area contributed by atoms with Crippen LogP contribution in [0.15, 0.2) is 42.5 Å². The van der Waals surface area contributed by atoms with E-state index in [-0.39, 0.29) is 11.3 Å². The molecule has 0 heterocycles. The fourth-order valence-electron chi connectivity index (χ4n) is 6.83. The number of non-ortho nitro benzene ring substituents is 1. The number of nitrogens with zero attached hydrogens (tertiary/aromatic N) is 1. The number of ether oxygens (including phenoxy) is 2. The van der Waals surface area contributed by atoms with Gasteiger partial charge in [0, 0.05) is 23.3 Å². The van der Waals surface area contributed by atoms with Crippen LogP contribution in [0.3, 0.4) is 0 Å². The molecule has 55 heavy (non-hydrogen) atoms. The summed E-state index contributed by atoms with van der Waals surface area (Å²) in [7, 11) is 0. The molecule has 2 aromatic carbocycles. The van der Waals surface area contributed by atoms with Crippen molar-refractivity contribution in [2.24, 2.45) is 0 Å². The monoisotopic (exact) mass is 766 g/mol. The van der Waals surface area contributed by atoms with E-state index in [9.17, 15) is 19.7 Å². The van der Waals surface area contributed by atoms with E-state index in [1.807, 2.05) is 0 Å². The van der Waals surface area contributed by atoms with Crippen LogP contribution in [-0.2, 0) is 0 Å². The number of rotatable bonds is 35. The van der Waals surface area contributed by atoms with Crippen LogP contribution in [-0.4, -0.2) is 30.0 Å². The Hall–Kier alpha value is -3.62. The van der Waals surface area contributed by atoms with Crippen LogP contribution in [0.1, 0.15) is 214 Å². The van der Waals surface area contributed by atoms with Crippen molar-refractivity contribution >= 4 is 17.5 Å². The molecule has 0 spiro atoms. The molecule has 0 bridgehead atoms. The molecular formula is C46H75N3O6. The number of carbonyl (C=O) groups excluding carboxylic acids is 2. The van der Waals surface area contributed by atoms with Gasteiger partial charge in [-0.1, -0.05) is 181 Å². The maximum Gasteiger partial charge on any atom is 0.269 e. The van der Waals surface area contributed by atoms with Crippen molar-refractivity contribution in [3.8, 4) is 11.5 Å². The van der Waals surface area contributed by atoms with Gasteiger partial charge in [0.1, 0.15) is 0 Å². The molecule has 310 valence electrons. The van der Waals surface area contributed by atoms with Gasteiger partial charge in [0.05, 0.1) is 18.1 Å². The smallest absolute Gasteiger partial charge is 0.269 e. The predicted octanol–water partition coefficient (Wildman–Crippen LogP) is 13.4. The lowest BCUT2D eigenvalue weighted by Gasteiger charge is -2.15. The highest BCUT2D eigenvalue weighted by Crippen LogP contribution is 2.29. The number of nitro benzene ring substituents is 1. The molecule has 2 amide bonds. The summed E-state index contributed by atoms with van der Waals surface area (Å²) in [5, 5.41) is 10.9. The summed E-state index contributed by atoms with van der Waals surface area (Å²) in [6.07, 6.45) is 36.3. The largest absolute Gasteiger partial charge is 0.490 e. The Morgan fingerprint density at radius 1 is 0.473 bits per heavy atom. The van der Waals surface area contributed by atoms with E-state index in [1.54, 1.807) is 18.2 Å². The van der Waals surface area contributed by atoms with Gasteiger partial charge in [-0.25, -0.2) is 0 Å². The van der Waals surface area contributed by atoms with E-state index in [0.29, 0.717) is 30.3 Å². The molecule has 0 radical (unpaired) electrons. The number of nitro groups is 1. The number of unbranched alkanes of at least 4 members (excludes halogenated alkanes) is 26. The molecule has 2 aromatic rings. The van der Waals surface area contributed by atoms with Gasteiger partial charge in [-0.15, -0.1) is 0 Å². The molecule has 9 heteroatoms. The minimum absolute atomic E-state index is 0.117. The van der Waals surface area contributed by atoms with Crippen LogP contribution in [0, 0.1) is 10.1 Å². The first kappa shape index (κ1) is 47.5. The molecular weight excluding hydrogens is 691 g/mol. The number of nitrogens with one attached hydrogen (secondary N) is 2. The van der Waals surface area contributed by atoms with E-state index in [2.05, 4.69) is 24.7 Å². The zero-order chi connectivity index (χ0) is 39.6. The summed E-state index contributed by atoms with van der Waals surface area (Å²) >= 11 is 0.